The standard InChI is InChI=1S/C20H19ClF2N2O4S/c1-30-7-6-17(25-19(27)15-4-2-3-5-16(15)21)20(28)29-11-18(26)24-14-9-12(22)8-13(23)10-14/h2-5,8-10,17H,6-7,11H2,1H3,(H,24,26)(H,25,27). The molecule has 2 rings (SSSR count). The number of hydrogen-bond acceptors (Lipinski definition) is 5. The van der Waals surface area contributed by atoms with Crippen molar-refractivity contribution in [3.63, 3.8) is 0 Å². The zero-order valence-corrected chi connectivity index (χ0v) is 17.5. The second-order valence-electron chi connectivity index (χ2n) is 6.10. The third kappa shape index (κ3) is 7.31. The minimum absolute atomic E-state index is 0.112. The van der Waals surface area contributed by atoms with Gasteiger partial charge in [-0.3, -0.25) is 9.59 Å². The van der Waals surface area contributed by atoms with Crippen molar-refractivity contribution < 1.29 is 27.9 Å². The van der Waals surface area contributed by atoms with E-state index < -0.39 is 42.1 Å². The molecule has 0 aliphatic heterocycles. The van der Waals surface area contributed by atoms with Crippen molar-refractivity contribution in [3.05, 3.63) is 64.7 Å². The predicted molar refractivity (Wildman–Crippen MR) is 112 cm³/mol. The zero-order chi connectivity index (χ0) is 22.1. The van der Waals surface area contributed by atoms with Gasteiger partial charge in [-0.1, -0.05) is 23.7 Å². The maximum atomic E-state index is 13.2. The van der Waals surface area contributed by atoms with Crippen LogP contribution in [-0.2, 0) is 14.3 Å². The van der Waals surface area contributed by atoms with Crippen LogP contribution in [0.5, 0.6) is 0 Å². The van der Waals surface area contributed by atoms with Gasteiger partial charge >= 0.3 is 5.97 Å². The number of rotatable bonds is 9. The highest BCUT2D eigenvalue weighted by atomic mass is 35.5. The van der Waals surface area contributed by atoms with E-state index in [1.54, 1.807) is 18.2 Å². The topological polar surface area (TPSA) is 84.5 Å². The summed E-state index contributed by atoms with van der Waals surface area (Å²) in [4.78, 5) is 36.7. The first-order valence-electron chi connectivity index (χ1n) is 8.77. The molecule has 0 aliphatic carbocycles. The Kier molecular flexibility index (Phi) is 9.07. The zero-order valence-electron chi connectivity index (χ0n) is 15.9. The molecule has 0 heterocycles. The van der Waals surface area contributed by atoms with Crippen LogP contribution in [0.15, 0.2) is 42.5 Å². The van der Waals surface area contributed by atoms with Gasteiger partial charge in [0.1, 0.15) is 17.7 Å². The van der Waals surface area contributed by atoms with E-state index in [0.29, 0.717) is 11.8 Å². The first-order chi connectivity index (χ1) is 14.3. The molecule has 10 heteroatoms. The number of esters is 1. The molecule has 0 bridgehead atoms. The second-order valence-corrected chi connectivity index (χ2v) is 7.49. The SMILES string of the molecule is CSCCC(NC(=O)c1ccccc1Cl)C(=O)OCC(=O)Nc1cc(F)cc(F)c1. The highest BCUT2D eigenvalue weighted by Crippen LogP contribution is 2.16. The van der Waals surface area contributed by atoms with Gasteiger partial charge in [0.05, 0.1) is 10.6 Å². The van der Waals surface area contributed by atoms with E-state index in [0.717, 1.165) is 12.1 Å². The minimum atomic E-state index is -0.999. The van der Waals surface area contributed by atoms with Gasteiger partial charge in [-0.25, -0.2) is 13.6 Å². The molecule has 1 unspecified atom stereocenters. The molecule has 0 saturated carbocycles. The lowest BCUT2D eigenvalue weighted by atomic mass is 10.1. The fourth-order valence-electron chi connectivity index (χ4n) is 2.43. The number of ether oxygens (including phenoxy) is 1. The molecular weight excluding hydrogens is 438 g/mol. The average Bonchev–Trinajstić information content (AvgIpc) is 2.68. The number of benzene rings is 2. The van der Waals surface area contributed by atoms with Crippen molar-refractivity contribution in [2.75, 3.05) is 23.9 Å². The first-order valence-corrected chi connectivity index (χ1v) is 10.5. The molecule has 1 atom stereocenters. The van der Waals surface area contributed by atoms with Crippen molar-refractivity contribution in [2.24, 2.45) is 0 Å². The van der Waals surface area contributed by atoms with Crippen molar-refractivity contribution in [1.82, 2.24) is 5.32 Å². The fraction of sp³-hybridized carbons (Fsp3) is 0.250. The molecule has 0 spiro atoms. The Morgan fingerprint density at radius 2 is 1.80 bits per heavy atom. The van der Waals surface area contributed by atoms with Gasteiger partial charge in [0, 0.05) is 11.8 Å². The monoisotopic (exact) mass is 456 g/mol. The first kappa shape index (κ1) is 23.6. The third-order valence-corrected chi connectivity index (χ3v) is 4.78. The summed E-state index contributed by atoms with van der Waals surface area (Å²) in [6.07, 6.45) is 2.11. The largest absolute Gasteiger partial charge is 0.454 e. The predicted octanol–water partition coefficient (Wildman–Crippen LogP) is 3.65. The number of anilines is 1. The molecule has 2 aromatic rings. The van der Waals surface area contributed by atoms with Crippen LogP contribution in [0.1, 0.15) is 16.8 Å². The average molecular weight is 457 g/mol. The summed E-state index contributed by atoms with van der Waals surface area (Å²) in [5.41, 5.74) is 0.0893. The number of nitrogens with one attached hydrogen (secondary N) is 2. The van der Waals surface area contributed by atoms with Crippen molar-refractivity contribution in [3.8, 4) is 0 Å². The lowest BCUT2D eigenvalue weighted by Gasteiger charge is -2.17. The highest BCUT2D eigenvalue weighted by molar-refractivity contribution is 7.98. The van der Waals surface area contributed by atoms with Gasteiger partial charge in [0.2, 0.25) is 0 Å². The lowest BCUT2D eigenvalue weighted by molar-refractivity contribution is -0.149. The molecule has 0 fully saturated rings. The van der Waals surface area contributed by atoms with Crippen molar-refractivity contribution >= 4 is 46.8 Å². The van der Waals surface area contributed by atoms with E-state index in [4.69, 9.17) is 16.3 Å². The molecular formula is C20H19ClF2N2O4S. The van der Waals surface area contributed by atoms with Crippen LogP contribution in [0.4, 0.5) is 14.5 Å². The van der Waals surface area contributed by atoms with Gasteiger partial charge < -0.3 is 15.4 Å². The highest BCUT2D eigenvalue weighted by Gasteiger charge is 2.24. The Bertz CT molecular complexity index is 909. The van der Waals surface area contributed by atoms with Gasteiger partial charge in [0.15, 0.2) is 6.61 Å². The van der Waals surface area contributed by atoms with E-state index in [-0.39, 0.29) is 22.7 Å². The van der Waals surface area contributed by atoms with Crippen LogP contribution >= 0.6 is 23.4 Å². The van der Waals surface area contributed by atoms with Gasteiger partial charge in [0.25, 0.3) is 11.8 Å². The molecule has 0 saturated heterocycles. The Balaban J connectivity index is 1.96. The summed E-state index contributed by atoms with van der Waals surface area (Å²) >= 11 is 7.47. The molecule has 6 nitrogen and oxygen atoms in total. The van der Waals surface area contributed by atoms with Crippen LogP contribution in [0.25, 0.3) is 0 Å². The van der Waals surface area contributed by atoms with Crippen molar-refractivity contribution in [1.29, 1.82) is 0 Å². The quantitative estimate of drug-likeness (QED) is 0.563. The molecule has 2 N–H and O–H groups in total. The van der Waals surface area contributed by atoms with E-state index in [9.17, 15) is 23.2 Å². The molecule has 0 aromatic heterocycles. The van der Waals surface area contributed by atoms with Crippen LogP contribution in [0, 0.1) is 11.6 Å². The summed E-state index contributed by atoms with van der Waals surface area (Å²) in [6.45, 7) is -0.686. The smallest absolute Gasteiger partial charge is 0.329 e. The second kappa shape index (κ2) is 11.5. The summed E-state index contributed by atoms with van der Waals surface area (Å²) in [7, 11) is 0. The molecule has 160 valence electrons. The van der Waals surface area contributed by atoms with Crippen LogP contribution in [0.3, 0.4) is 0 Å². The summed E-state index contributed by atoms with van der Waals surface area (Å²) in [5.74, 6) is -3.32. The van der Waals surface area contributed by atoms with Crippen molar-refractivity contribution in [2.45, 2.75) is 12.5 Å². The summed E-state index contributed by atoms with van der Waals surface area (Å²) in [5, 5.41) is 5.02. The van der Waals surface area contributed by atoms with Gasteiger partial charge in [-0.15, -0.1) is 0 Å². The lowest BCUT2D eigenvalue weighted by Crippen LogP contribution is -2.43. The Morgan fingerprint density at radius 1 is 1.13 bits per heavy atom. The van der Waals surface area contributed by atoms with Gasteiger partial charge in [-0.05, 0) is 42.7 Å². The Labute approximate surface area is 181 Å². The maximum absolute atomic E-state index is 13.2. The van der Waals surface area contributed by atoms with Crippen LogP contribution in [0.2, 0.25) is 5.02 Å². The van der Waals surface area contributed by atoms with Gasteiger partial charge in [-0.2, -0.15) is 11.8 Å². The summed E-state index contributed by atoms with van der Waals surface area (Å²) in [6, 6.07) is 7.87. The minimum Gasteiger partial charge on any atom is -0.454 e. The molecule has 0 aliphatic rings. The van der Waals surface area contributed by atoms with Crippen LogP contribution in [-0.4, -0.2) is 42.4 Å². The van der Waals surface area contributed by atoms with Crippen LogP contribution < -0.4 is 10.6 Å². The number of carbonyl (C=O) groups excluding carboxylic acids is 3. The number of carbonyl (C=O) groups is 3. The third-order valence-electron chi connectivity index (χ3n) is 3.81. The van der Waals surface area contributed by atoms with E-state index in [1.165, 1.54) is 17.8 Å². The number of amides is 2. The van der Waals surface area contributed by atoms with E-state index >= 15 is 0 Å². The number of thioether (sulfide) groups is 1. The molecule has 2 aromatic carbocycles. The number of hydrogen-bond donors (Lipinski definition) is 2. The molecule has 0 radical (unpaired) electrons. The molecule has 30 heavy (non-hydrogen) atoms. The normalized spacial score (nSPS) is 11.5. The maximum Gasteiger partial charge on any atom is 0.329 e. The Morgan fingerprint density at radius 3 is 2.43 bits per heavy atom. The Hall–Kier alpha value is -2.65. The van der Waals surface area contributed by atoms with E-state index in [1.807, 2.05) is 6.26 Å². The van der Waals surface area contributed by atoms with E-state index in [2.05, 4.69) is 10.6 Å². The molecule has 2 amide bonds. The number of halogens is 3. The fourth-order valence-corrected chi connectivity index (χ4v) is 3.12. The summed E-state index contributed by atoms with van der Waals surface area (Å²) < 4.78 is 31.3.